The molecule has 2 fully saturated rings. The molecular formula is C10H18N4O6S. The number of hydrogen-bond acceptors (Lipinski definition) is 8. The lowest BCUT2D eigenvalue weighted by Crippen LogP contribution is -2.76. The van der Waals surface area contributed by atoms with Crippen LogP contribution in [-0.2, 0) is 28.6 Å². The Morgan fingerprint density at radius 2 is 1.19 bits per heavy atom. The highest BCUT2D eigenvalue weighted by molar-refractivity contribution is 7.81. The second kappa shape index (κ2) is 4.36. The van der Waals surface area contributed by atoms with Crippen LogP contribution in [0.5, 0.6) is 0 Å². The van der Waals surface area contributed by atoms with Crippen molar-refractivity contribution >= 4 is 22.2 Å². The summed E-state index contributed by atoms with van der Waals surface area (Å²) in [5, 5.41) is 1.20. The minimum atomic E-state index is -4.66. The Balaban J connectivity index is 2.08. The van der Waals surface area contributed by atoms with E-state index in [2.05, 4.69) is 8.57 Å². The fourth-order valence-corrected chi connectivity index (χ4v) is 2.93. The molecule has 0 bridgehead atoms. The van der Waals surface area contributed by atoms with E-state index in [0.29, 0.717) is 10.1 Å². The molecule has 4 N–H and O–H groups in total. The maximum absolute atomic E-state index is 11.8. The summed E-state index contributed by atoms with van der Waals surface area (Å²) in [5.41, 5.74) is 9.08. The summed E-state index contributed by atoms with van der Waals surface area (Å²) in [6, 6.07) is -1.74. The molecule has 0 aromatic carbocycles. The smallest absolute Gasteiger partial charge is 0.318 e. The first-order valence-electron chi connectivity index (χ1n) is 6.16. The van der Waals surface area contributed by atoms with Gasteiger partial charge in [-0.05, 0) is 27.7 Å². The molecule has 0 radical (unpaired) electrons. The van der Waals surface area contributed by atoms with Crippen molar-refractivity contribution in [1.29, 1.82) is 0 Å². The minimum absolute atomic E-state index is 0.601. The summed E-state index contributed by atoms with van der Waals surface area (Å²) in [4.78, 5) is 23.0. The lowest BCUT2D eigenvalue weighted by Gasteiger charge is -2.51. The number of β-lactam (4-membered cyclic amide) rings is 2. The Morgan fingerprint density at radius 1 is 0.905 bits per heavy atom. The highest BCUT2D eigenvalue weighted by atomic mass is 32.3. The molecule has 21 heavy (non-hydrogen) atoms. The van der Waals surface area contributed by atoms with Crippen LogP contribution >= 0.6 is 0 Å². The maximum Gasteiger partial charge on any atom is 0.442 e. The van der Waals surface area contributed by atoms with Crippen molar-refractivity contribution in [2.24, 2.45) is 11.5 Å². The van der Waals surface area contributed by atoms with Gasteiger partial charge >= 0.3 is 10.4 Å². The van der Waals surface area contributed by atoms with Crippen LogP contribution in [0.1, 0.15) is 27.7 Å². The van der Waals surface area contributed by atoms with Gasteiger partial charge in [0.15, 0.2) is 0 Å². The highest BCUT2D eigenvalue weighted by Crippen LogP contribution is 2.34. The molecule has 2 amide bonds. The first-order valence-corrected chi connectivity index (χ1v) is 7.49. The Bertz CT molecular complexity index is 555. The van der Waals surface area contributed by atoms with Gasteiger partial charge in [0.1, 0.15) is 12.1 Å². The van der Waals surface area contributed by atoms with Crippen LogP contribution in [0.2, 0.25) is 0 Å². The van der Waals surface area contributed by atoms with Gasteiger partial charge in [-0.15, -0.1) is 8.57 Å². The number of rotatable bonds is 4. The van der Waals surface area contributed by atoms with Crippen molar-refractivity contribution < 1.29 is 26.6 Å². The molecule has 2 saturated heterocycles. The van der Waals surface area contributed by atoms with Crippen LogP contribution < -0.4 is 11.5 Å². The fourth-order valence-electron chi connectivity index (χ4n) is 2.01. The van der Waals surface area contributed by atoms with Gasteiger partial charge in [-0.3, -0.25) is 9.59 Å². The zero-order valence-corrected chi connectivity index (χ0v) is 12.9. The van der Waals surface area contributed by atoms with Crippen LogP contribution in [-0.4, -0.2) is 53.5 Å². The van der Waals surface area contributed by atoms with Crippen molar-refractivity contribution in [3.63, 3.8) is 0 Å². The highest BCUT2D eigenvalue weighted by Gasteiger charge is 2.58. The average Bonchev–Trinajstić information content (AvgIpc) is 2.39. The predicted octanol–water partition coefficient (Wildman–Crippen LogP) is -2.01. The molecule has 2 aliphatic rings. The van der Waals surface area contributed by atoms with Gasteiger partial charge in [0.2, 0.25) is 0 Å². The van der Waals surface area contributed by atoms with Crippen LogP contribution in [0.25, 0.3) is 0 Å². The zero-order chi connectivity index (χ0) is 16.4. The van der Waals surface area contributed by atoms with Gasteiger partial charge in [-0.25, -0.2) is 0 Å². The Labute approximate surface area is 122 Å². The summed E-state index contributed by atoms with van der Waals surface area (Å²) in [7, 11) is -4.66. The average molecular weight is 322 g/mol. The third-order valence-electron chi connectivity index (χ3n) is 3.83. The largest absolute Gasteiger partial charge is 0.442 e. The summed E-state index contributed by atoms with van der Waals surface area (Å²) in [6.45, 7) is 6.12. The molecular weight excluding hydrogens is 304 g/mol. The number of hydrogen-bond donors (Lipinski definition) is 2. The second-order valence-electron chi connectivity index (χ2n) is 6.09. The van der Waals surface area contributed by atoms with E-state index in [4.69, 9.17) is 11.5 Å². The van der Waals surface area contributed by atoms with E-state index in [1.54, 1.807) is 0 Å². The quantitative estimate of drug-likeness (QED) is 0.565. The summed E-state index contributed by atoms with van der Waals surface area (Å²) in [5.74, 6) is -1.39. The van der Waals surface area contributed by atoms with Crippen LogP contribution in [0.4, 0.5) is 0 Å². The van der Waals surface area contributed by atoms with Crippen LogP contribution in [0.15, 0.2) is 0 Å². The van der Waals surface area contributed by atoms with E-state index >= 15 is 0 Å². The van der Waals surface area contributed by atoms with Crippen molar-refractivity contribution in [2.75, 3.05) is 0 Å². The van der Waals surface area contributed by atoms with Crippen molar-refractivity contribution in [2.45, 2.75) is 50.9 Å². The van der Waals surface area contributed by atoms with E-state index in [1.165, 1.54) is 27.7 Å². The van der Waals surface area contributed by atoms with Gasteiger partial charge in [0, 0.05) is 0 Å². The molecule has 0 saturated carbocycles. The number of nitrogens with two attached hydrogens (primary N) is 2. The summed E-state index contributed by atoms with van der Waals surface area (Å²) < 4.78 is 32.8. The minimum Gasteiger partial charge on any atom is -0.318 e. The number of hydroxylamine groups is 4. The Hall–Kier alpha value is -1.27. The number of amides is 2. The van der Waals surface area contributed by atoms with Gasteiger partial charge < -0.3 is 11.5 Å². The SMILES string of the molecule is CC1(C)[C@H](N)C(=O)N1OS(=O)(=O)ON1C(=O)[C@@H](N)C1(C)C. The standard InChI is InChI=1S/C10H18N4O6S/c1-9(2)5(11)7(15)13(9)19-21(17,18)20-14-8(16)6(12)10(14,3)4/h5-6H,11-12H2,1-4H3/t5-,6-/m1/s1. The molecule has 2 atom stereocenters. The van der Waals surface area contributed by atoms with E-state index in [-0.39, 0.29) is 0 Å². The monoisotopic (exact) mass is 322 g/mol. The molecule has 10 nitrogen and oxygen atoms in total. The Morgan fingerprint density at radius 3 is 1.43 bits per heavy atom. The van der Waals surface area contributed by atoms with Crippen molar-refractivity contribution in [1.82, 2.24) is 10.1 Å². The lowest BCUT2D eigenvalue weighted by molar-refractivity contribution is -0.235. The fraction of sp³-hybridized carbons (Fsp3) is 0.800. The number of carbonyl (C=O) groups is 2. The first kappa shape index (κ1) is 16.1. The molecule has 0 aromatic rings. The van der Waals surface area contributed by atoms with Crippen molar-refractivity contribution in [3.05, 3.63) is 0 Å². The van der Waals surface area contributed by atoms with E-state index in [1.807, 2.05) is 0 Å². The third-order valence-corrected chi connectivity index (χ3v) is 4.50. The van der Waals surface area contributed by atoms with Gasteiger partial charge in [-0.2, -0.15) is 18.5 Å². The van der Waals surface area contributed by atoms with Gasteiger partial charge in [0.05, 0.1) is 11.1 Å². The molecule has 0 aromatic heterocycles. The first-order chi connectivity index (χ1) is 9.32. The van der Waals surface area contributed by atoms with Crippen molar-refractivity contribution in [3.8, 4) is 0 Å². The summed E-state index contributed by atoms with van der Waals surface area (Å²) >= 11 is 0. The molecule has 2 rings (SSSR count). The number of carbonyl (C=O) groups excluding carboxylic acids is 2. The predicted molar refractivity (Wildman–Crippen MR) is 68.9 cm³/mol. The summed E-state index contributed by atoms with van der Waals surface area (Å²) in [6.07, 6.45) is 0. The molecule has 120 valence electrons. The lowest BCUT2D eigenvalue weighted by atomic mass is 9.86. The van der Waals surface area contributed by atoms with Crippen LogP contribution in [0, 0.1) is 0 Å². The molecule has 0 aliphatic carbocycles. The van der Waals surface area contributed by atoms with E-state index in [9.17, 15) is 18.0 Å². The third kappa shape index (κ3) is 2.21. The maximum atomic E-state index is 11.8. The normalized spacial score (nSPS) is 31.0. The van der Waals surface area contributed by atoms with E-state index in [0.717, 1.165) is 0 Å². The molecule has 0 unspecified atom stereocenters. The Kier molecular flexibility index (Phi) is 3.35. The van der Waals surface area contributed by atoms with Gasteiger partial charge in [-0.1, -0.05) is 0 Å². The second-order valence-corrected chi connectivity index (χ2v) is 7.20. The van der Waals surface area contributed by atoms with E-state index < -0.39 is 45.4 Å². The number of nitrogens with zero attached hydrogens (tertiary/aromatic N) is 2. The van der Waals surface area contributed by atoms with Gasteiger partial charge in [0.25, 0.3) is 11.8 Å². The zero-order valence-electron chi connectivity index (χ0n) is 12.1. The molecule has 11 heteroatoms. The topological polar surface area (TPSA) is 145 Å². The molecule has 2 aliphatic heterocycles. The molecule has 0 spiro atoms. The molecule has 2 heterocycles. The van der Waals surface area contributed by atoms with Crippen LogP contribution in [0.3, 0.4) is 0 Å².